The van der Waals surface area contributed by atoms with E-state index in [0.29, 0.717) is 34.6 Å². The predicted octanol–water partition coefficient (Wildman–Crippen LogP) is 13.7. The van der Waals surface area contributed by atoms with Crippen LogP contribution in [0.3, 0.4) is 0 Å². The van der Waals surface area contributed by atoms with Crippen LogP contribution < -0.4 is 0 Å². The molecule has 9 aromatic rings. The zero-order valence-electron chi connectivity index (χ0n) is 39.6. The van der Waals surface area contributed by atoms with Crippen LogP contribution in [0.25, 0.3) is 55.2 Å². The summed E-state index contributed by atoms with van der Waals surface area (Å²) in [7, 11) is 0. The first-order valence-electron chi connectivity index (χ1n) is 22.6. The summed E-state index contributed by atoms with van der Waals surface area (Å²) in [6, 6.07) is 47.8. The monoisotopic (exact) mass is 898 g/mol. The second-order valence-electron chi connectivity index (χ2n) is 17.1. The van der Waals surface area contributed by atoms with E-state index < -0.39 is 0 Å². The van der Waals surface area contributed by atoms with Gasteiger partial charge in [-0.05, 0) is 124 Å². The van der Waals surface area contributed by atoms with Crippen molar-refractivity contribution in [3.8, 4) is 45.1 Å². The number of benzene rings is 7. The highest BCUT2D eigenvalue weighted by molar-refractivity contribution is 6.14. The van der Waals surface area contributed by atoms with Crippen LogP contribution >= 0.6 is 0 Å². The standard InChI is InChI=1S/C36H30N2O2.C23H24N2O3/c1-22-16-17-29(23(2)18-22)34-20-33(25(4)39)24(3)38(34)37-21-28-12-9-15-32(36(28)40)35-30-13-7-5-10-26(30)19-27-11-6-8-14-31(27)35;1-5-28-23(27)20-13-17(4)25(21(20)18-9-7-6-8-10-18)24-14-19-12-15(2)11-16(3)22(19)26/h5-21,40H,1-4H3;6-14,26H,5H2,1-4H3/b37-21+;24-14+. The van der Waals surface area contributed by atoms with Crippen LogP contribution in [0.5, 0.6) is 11.5 Å². The molecule has 340 valence electrons. The normalized spacial score (nSPS) is 11.4. The lowest BCUT2D eigenvalue weighted by atomic mass is 9.91. The van der Waals surface area contributed by atoms with Gasteiger partial charge in [-0.25, -0.2) is 14.1 Å². The molecule has 9 nitrogen and oxygen atoms in total. The third-order valence-corrected chi connectivity index (χ3v) is 12.2. The third kappa shape index (κ3) is 9.24. The fraction of sp³-hybridized carbons (Fsp3) is 0.153. The van der Waals surface area contributed by atoms with Crippen molar-refractivity contribution in [3.05, 3.63) is 201 Å². The van der Waals surface area contributed by atoms with E-state index in [4.69, 9.17) is 9.84 Å². The largest absolute Gasteiger partial charge is 0.507 e. The van der Waals surface area contributed by atoms with Gasteiger partial charge in [0.25, 0.3) is 0 Å². The number of phenolic OH excluding ortho intramolecular Hbond substituents is 2. The number of phenols is 2. The third-order valence-electron chi connectivity index (χ3n) is 12.2. The maximum atomic E-state index is 12.5. The molecule has 2 N–H and O–H groups in total. The van der Waals surface area contributed by atoms with E-state index in [-0.39, 0.29) is 23.3 Å². The fourth-order valence-corrected chi connectivity index (χ4v) is 8.91. The number of aromatic nitrogens is 2. The Morgan fingerprint density at radius 1 is 0.588 bits per heavy atom. The first-order chi connectivity index (χ1) is 32.7. The van der Waals surface area contributed by atoms with Gasteiger partial charge in [0.1, 0.15) is 11.5 Å². The van der Waals surface area contributed by atoms with Gasteiger partial charge in [-0.15, -0.1) is 0 Å². The first-order valence-corrected chi connectivity index (χ1v) is 22.6. The van der Waals surface area contributed by atoms with Crippen LogP contribution in [0.2, 0.25) is 0 Å². The van der Waals surface area contributed by atoms with Crippen molar-refractivity contribution in [2.24, 2.45) is 10.2 Å². The van der Waals surface area contributed by atoms with Crippen molar-refractivity contribution in [3.63, 3.8) is 0 Å². The van der Waals surface area contributed by atoms with E-state index in [1.54, 1.807) is 41.7 Å². The number of ether oxygens (including phenoxy) is 1. The number of nitrogens with zero attached hydrogens (tertiary/aromatic N) is 4. The smallest absolute Gasteiger partial charge is 0.340 e. The SMILES string of the molecule is CC(=O)c1cc(-c2ccc(C)cc2C)n(/N=C/c2cccc(-c3c4ccccc4cc4ccccc34)c2O)c1C.CCOC(=O)c1cc(C)n(/N=C/c2cc(C)cc(C)c2O)c1-c1ccccc1. The van der Waals surface area contributed by atoms with Gasteiger partial charge in [-0.3, -0.25) is 4.79 Å². The van der Waals surface area contributed by atoms with Gasteiger partial charge in [-0.1, -0.05) is 121 Å². The molecule has 0 aliphatic rings. The fourth-order valence-electron chi connectivity index (χ4n) is 8.91. The van der Waals surface area contributed by atoms with Crippen LogP contribution in [0.1, 0.15) is 79.3 Å². The minimum Gasteiger partial charge on any atom is -0.507 e. The second kappa shape index (κ2) is 19.7. The summed E-state index contributed by atoms with van der Waals surface area (Å²) in [5, 5.41) is 35.7. The molecule has 0 fully saturated rings. The maximum Gasteiger partial charge on any atom is 0.340 e. The highest BCUT2D eigenvalue weighted by atomic mass is 16.5. The molecule has 68 heavy (non-hydrogen) atoms. The molecule has 0 bridgehead atoms. The van der Waals surface area contributed by atoms with Gasteiger partial charge in [-0.2, -0.15) is 10.2 Å². The minimum absolute atomic E-state index is 0.00913. The van der Waals surface area contributed by atoms with Crippen molar-refractivity contribution in [2.45, 2.75) is 55.4 Å². The van der Waals surface area contributed by atoms with Crippen LogP contribution in [0.15, 0.2) is 156 Å². The van der Waals surface area contributed by atoms with Gasteiger partial charge in [0.05, 0.1) is 41.7 Å². The second-order valence-corrected chi connectivity index (χ2v) is 17.1. The molecule has 0 atom stereocenters. The topological polar surface area (TPSA) is 118 Å². The van der Waals surface area contributed by atoms with Crippen LogP contribution in [-0.4, -0.2) is 50.4 Å². The van der Waals surface area contributed by atoms with E-state index >= 15 is 0 Å². The molecule has 9 rings (SSSR count). The predicted molar refractivity (Wildman–Crippen MR) is 277 cm³/mol. The zero-order valence-corrected chi connectivity index (χ0v) is 39.6. The molecule has 0 spiro atoms. The van der Waals surface area contributed by atoms with E-state index in [1.807, 2.05) is 119 Å². The number of esters is 1. The van der Waals surface area contributed by atoms with E-state index in [2.05, 4.69) is 67.5 Å². The van der Waals surface area contributed by atoms with Crippen molar-refractivity contribution in [1.82, 2.24) is 9.35 Å². The Morgan fingerprint density at radius 2 is 1.22 bits per heavy atom. The Kier molecular flexibility index (Phi) is 13.4. The summed E-state index contributed by atoms with van der Waals surface area (Å²) in [5.74, 6) is -0.0266. The molecule has 0 amide bonds. The summed E-state index contributed by atoms with van der Waals surface area (Å²) in [6.45, 7) is 15.4. The number of para-hydroxylation sites is 1. The number of carbonyl (C=O) groups is 2. The quantitative estimate of drug-likeness (QED) is 0.0613. The Morgan fingerprint density at radius 3 is 1.88 bits per heavy atom. The molecule has 9 heteroatoms. The lowest BCUT2D eigenvalue weighted by Gasteiger charge is -2.14. The summed E-state index contributed by atoms with van der Waals surface area (Å²) in [6.07, 6.45) is 3.29. The van der Waals surface area contributed by atoms with E-state index in [1.165, 1.54) is 5.56 Å². The molecule has 2 aromatic heterocycles. The summed E-state index contributed by atoms with van der Waals surface area (Å²) in [5.41, 5.74) is 13.1. The Hall–Kier alpha value is -8.30. The molecule has 0 radical (unpaired) electrons. The van der Waals surface area contributed by atoms with Crippen LogP contribution in [0.4, 0.5) is 0 Å². The molecular formula is C59H54N4O5. The lowest BCUT2D eigenvalue weighted by molar-refractivity contribution is 0.0527. The number of rotatable bonds is 10. The average Bonchev–Trinajstić information content (AvgIpc) is 3.84. The Labute approximate surface area is 396 Å². The highest BCUT2D eigenvalue weighted by Gasteiger charge is 2.22. The summed E-state index contributed by atoms with van der Waals surface area (Å²) in [4.78, 5) is 24.9. The van der Waals surface area contributed by atoms with E-state index in [0.717, 1.165) is 77.6 Å². The number of aryl methyl sites for hydroxylation is 5. The summed E-state index contributed by atoms with van der Waals surface area (Å²) >= 11 is 0. The van der Waals surface area contributed by atoms with Crippen molar-refractivity contribution in [2.75, 3.05) is 6.61 Å². The highest BCUT2D eigenvalue weighted by Crippen LogP contribution is 2.41. The Bertz CT molecular complexity index is 3390. The van der Waals surface area contributed by atoms with Gasteiger partial charge in [0.2, 0.25) is 0 Å². The molecule has 0 saturated heterocycles. The van der Waals surface area contributed by atoms with Crippen LogP contribution in [-0.2, 0) is 4.74 Å². The number of ketones is 1. The molecule has 0 aliphatic carbocycles. The Balaban J connectivity index is 0.000000196. The number of Topliss-reactive ketones (excluding diaryl/α,β-unsaturated/α-hetero) is 1. The molecular weight excluding hydrogens is 845 g/mol. The minimum atomic E-state index is -0.382. The van der Waals surface area contributed by atoms with Crippen LogP contribution in [0, 0.1) is 41.5 Å². The van der Waals surface area contributed by atoms with E-state index in [9.17, 15) is 19.8 Å². The number of aromatic hydroxyl groups is 2. The number of fused-ring (bicyclic) bond motifs is 2. The van der Waals surface area contributed by atoms with Gasteiger partial charge in [0, 0.05) is 44.6 Å². The molecule has 0 aliphatic heterocycles. The lowest BCUT2D eigenvalue weighted by Crippen LogP contribution is -2.06. The number of carbonyl (C=O) groups excluding carboxylic acids is 2. The maximum absolute atomic E-state index is 12.5. The molecule has 0 unspecified atom stereocenters. The van der Waals surface area contributed by atoms with Crippen molar-refractivity contribution < 1.29 is 24.5 Å². The van der Waals surface area contributed by atoms with Gasteiger partial charge >= 0.3 is 5.97 Å². The first kappa shape index (κ1) is 46.2. The molecule has 7 aromatic carbocycles. The van der Waals surface area contributed by atoms with Gasteiger partial charge < -0.3 is 14.9 Å². The van der Waals surface area contributed by atoms with Gasteiger partial charge in [0.15, 0.2) is 5.78 Å². The number of hydrogen-bond donors (Lipinski definition) is 2. The average molecular weight is 899 g/mol. The molecule has 0 saturated carbocycles. The summed E-state index contributed by atoms with van der Waals surface area (Å²) < 4.78 is 8.73. The van der Waals surface area contributed by atoms with Crippen molar-refractivity contribution in [1.29, 1.82) is 0 Å². The molecule has 2 heterocycles. The number of hydrogen-bond acceptors (Lipinski definition) is 7. The zero-order chi connectivity index (χ0) is 48.2. The van der Waals surface area contributed by atoms with Crippen molar-refractivity contribution >= 4 is 45.7 Å².